The molecule has 8 heteroatoms. The number of rotatable bonds is 8. The lowest BCUT2D eigenvalue weighted by molar-refractivity contribution is -0.122. The van der Waals surface area contributed by atoms with Crippen LogP contribution in [0.4, 0.5) is 0 Å². The summed E-state index contributed by atoms with van der Waals surface area (Å²) in [6, 6.07) is 25.5. The number of thioether (sulfide) groups is 1. The summed E-state index contributed by atoms with van der Waals surface area (Å²) >= 11 is 3.51. The van der Waals surface area contributed by atoms with Crippen molar-refractivity contribution in [2.75, 3.05) is 13.7 Å². The van der Waals surface area contributed by atoms with Crippen molar-refractivity contribution >= 4 is 51.5 Å². The molecule has 0 bridgehead atoms. The van der Waals surface area contributed by atoms with Gasteiger partial charge in [-0.2, -0.15) is 5.26 Å². The molecule has 1 amide bonds. The molecule has 35 heavy (non-hydrogen) atoms. The van der Waals surface area contributed by atoms with Gasteiger partial charge in [-0.1, -0.05) is 60.7 Å². The van der Waals surface area contributed by atoms with Gasteiger partial charge in [0.25, 0.3) is 5.91 Å². The van der Waals surface area contributed by atoms with Gasteiger partial charge in [-0.25, -0.2) is 0 Å². The minimum atomic E-state index is -0.0931. The quantitative estimate of drug-likeness (QED) is 0.241. The highest BCUT2D eigenvalue weighted by atomic mass is 127. The Hall–Kier alpha value is -3.29. The van der Waals surface area contributed by atoms with Crippen molar-refractivity contribution in [2.24, 2.45) is 4.99 Å². The number of amides is 1. The second-order valence-electron chi connectivity index (χ2n) is 7.55. The Balaban J connectivity index is 1.65. The molecule has 0 radical (unpaired) electrons. The summed E-state index contributed by atoms with van der Waals surface area (Å²) in [7, 11) is 1.55. The maximum Gasteiger partial charge on any atom is 0.267 e. The molecule has 0 unspecified atom stereocenters. The van der Waals surface area contributed by atoms with Crippen molar-refractivity contribution < 1.29 is 14.3 Å². The first-order valence-corrected chi connectivity index (χ1v) is 12.7. The molecule has 0 N–H and O–H groups in total. The predicted octanol–water partition coefficient (Wildman–Crippen LogP) is 5.87. The van der Waals surface area contributed by atoms with Gasteiger partial charge in [0, 0.05) is 0 Å². The molecule has 4 rings (SSSR count). The third kappa shape index (κ3) is 6.24. The lowest BCUT2D eigenvalue weighted by atomic mass is 10.1. The first-order valence-electron chi connectivity index (χ1n) is 10.8. The van der Waals surface area contributed by atoms with Crippen molar-refractivity contribution in [1.29, 1.82) is 5.26 Å². The molecule has 1 aliphatic heterocycles. The van der Waals surface area contributed by atoms with Gasteiger partial charge in [0.2, 0.25) is 0 Å². The van der Waals surface area contributed by atoms with Crippen LogP contribution >= 0.6 is 34.4 Å². The largest absolute Gasteiger partial charge is 0.493 e. The number of hydrogen-bond acceptors (Lipinski definition) is 6. The topological polar surface area (TPSA) is 74.9 Å². The summed E-state index contributed by atoms with van der Waals surface area (Å²) in [5, 5.41) is 9.51. The van der Waals surface area contributed by atoms with Crippen molar-refractivity contribution in [3.8, 4) is 17.6 Å². The summed E-state index contributed by atoms with van der Waals surface area (Å²) in [5.41, 5.74) is 2.91. The number of halogens is 1. The number of methoxy groups -OCH3 is 1. The van der Waals surface area contributed by atoms with Crippen LogP contribution in [0.5, 0.6) is 11.5 Å². The third-order valence-corrected chi connectivity index (χ3v) is 6.99. The Labute approximate surface area is 222 Å². The zero-order chi connectivity index (χ0) is 24.6. The van der Waals surface area contributed by atoms with E-state index in [-0.39, 0.29) is 12.5 Å². The third-order valence-electron chi connectivity index (χ3n) is 5.14. The van der Waals surface area contributed by atoms with Gasteiger partial charge in [0.15, 0.2) is 23.3 Å². The van der Waals surface area contributed by atoms with Gasteiger partial charge >= 0.3 is 0 Å². The fourth-order valence-corrected chi connectivity index (χ4v) is 5.25. The van der Waals surface area contributed by atoms with Crippen molar-refractivity contribution in [1.82, 2.24) is 4.90 Å². The molecule has 0 aromatic heterocycles. The Morgan fingerprint density at radius 1 is 1.09 bits per heavy atom. The number of carbonyl (C=O) groups is 1. The number of ether oxygens (including phenoxy) is 2. The highest BCUT2D eigenvalue weighted by Crippen LogP contribution is 2.38. The highest BCUT2D eigenvalue weighted by Gasteiger charge is 2.33. The number of hydrogen-bond donors (Lipinski definition) is 0. The fraction of sp³-hybridized carbons (Fsp3) is 0.148. The number of benzene rings is 3. The molecule has 1 aliphatic rings. The molecule has 176 valence electrons. The highest BCUT2D eigenvalue weighted by molar-refractivity contribution is 14.1. The number of nitrogens with zero attached hydrogens (tertiary/aromatic N) is 3. The van der Waals surface area contributed by atoms with E-state index in [2.05, 4.69) is 22.6 Å². The molecular weight excluding hydrogens is 573 g/mol. The van der Waals surface area contributed by atoms with Crippen LogP contribution in [-0.2, 0) is 17.9 Å². The van der Waals surface area contributed by atoms with Gasteiger partial charge in [-0.15, -0.1) is 0 Å². The van der Waals surface area contributed by atoms with Gasteiger partial charge in [0.1, 0.15) is 6.07 Å². The second-order valence-corrected chi connectivity index (χ2v) is 9.72. The van der Waals surface area contributed by atoms with E-state index < -0.39 is 0 Å². The zero-order valence-corrected chi connectivity index (χ0v) is 22.0. The van der Waals surface area contributed by atoms with E-state index >= 15 is 0 Å². The van der Waals surface area contributed by atoms with E-state index in [1.54, 1.807) is 18.1 Å². The number of aliphatic imine (C=N–C) groups is 1. The van der Waals surface area contributed by atoms with Crippen LogP contribution in [-0.4, -0.2) is 29.7 Å². The van der Waals surface area contributed by atoms with Crippen molar-refractivity contribution in [2.45, 2.75) is 13.1 Å². The van der Waals surface area contributed by atoms with Crippen LogP contribution < -0.4 is 9.47 Å². The molecule has 0 saturated carbocycles. The Morgan fingerprint density at radius 2 is 1.77 bits per heavy atom. The summed E-state index contributed by atoms with van der Waals surface area (Å²) in [6.07, 6.45) is 1.84. The molecule has 3 aromatic rings. The summed E-state index contributed by atoms with van der Waals surface area (Å²) in [5.74, 6) is 0.927. The van der Waals surface area contributed by atoms with E-state index in [0.717, 1.165) is 20.3 Å². The first-order chi connectivity index (χ1) is 17.1. The SMILES string of the molecule is COc1cc(/C=C2/SC(=NCc3ccccc3)N(Cc3ccccc3)C2=O)cc(I)c1OCC#N. The van der Waals surface area contributed by atoms with Crippen molar-refractivity contribution in [3.05, 3.63) is 98.0 Å². The minimum Gasteiger partial charge on any atom is -0.493 e. The van der Waals surface area contributed by atoms with E-state index in [1.807, 2.05) is 78.9 Å². The van der Waals surface area contributed by atoms with E-state index in [4.69, 9.17) is 19.7 Å². The van der Waals surface area contributed by atoms with Crippen LogP contribution in [0.2, 0.25) is 0 Å². The van der Waals surface area contributed by atoms with Crippen LogP contribution in [0.25, 0.3) is 6.08 Å². The van der Waals surface area contributed by atoms with E-state index in [0.29, 0.717) is 34.7 Å². The van der Waals surface area contributed by atoms with Gasteiger partial charge < -0.3 is 9.47 Å². The average Bonchev–Trinajstić information content (AvgIpc) is 3.17. The molecular formula is C27H22IN3O3S. The molecule has 6 nitrogen and oxygen atoms in total. The maximum absolute atomic E-state index is 13.4. The smallest absolute Gasteiger partial charge is 0.267 e. The molecule has 0 spiro atoms. The molecule has 0 aliphatic carbocycles. The number of carbonyl (C=O) groups excluding carboxylic acids is 1. The average molecular weight is 595 g/mol. The number of amidine groups is 1. The molecule has 3 aromatic carbocycles. The minimum absolute atomic E-state index is 0.0726. The van der Waals surface area contributed by atoms with E-state index in [9.17, 15) is 4.79 Å². The van der Waals surface area contributed by atoms with Gasteiger partial charge in [-0.3, -0.25) is 14.7 Å². The Morgan fingerprint density at radius 3 is 2.43 bits per heavy atom. The summed E-state index contributed by atoms with van der Waals surface area (Å²) in [4.78, 5) is 20.5. The van der Waals surface area contributed by atoms with Gasteiger partial charge in [-0.05, 0) is 69.3 Å². The number of nitriles is 1. The van der Waals surface area contributed by atoms with Gasteiger partial charge in [0.05, 0.1) is 28.7 Å². The normalized spacial score (nSPS) is 15.5. The van der Waals surface area contributed by atoms with Crippen LogP contribution in [0.1, 0.15) is 16.7 Å². The Kier molecular flexibility index (Phi) is 8.45. The summed E-state index contributed by atoms with van der Waals surface area (Å²) < 4.78 is 11.8. The predicted molar refractivity (Wildman–Crippen MR) is 147 cm³/mol. The lowest BCUT2D eigenvalue weighted by Gasteiger charge is -2.15. The van der Waals surface area contributed by atoms with Crippen LogP contribution in [0.3, 0.4) is 0 Å². The first kappa shape index (κ1) is 24.8. The summed E-state index contributed by atoms with van der Waals surface area (Å²) in [6.45, 7) is 0.863. The zero-order valence-electron chi connectivity index (χ0n) is 19.0. The molecule has 0 atom stereocenters. The standard InChI is InChI=1S/C27H22IN3O3S/c1-33-23-15-21(14-22(28)25(23)34-13-12-29)16-24-26(32)31(18-20-10-6-3-7-11-20)27(35-24)30-17-19-8-4-2-5-9-19/h2-11,14-16H,13,17-18H2,1H3/b24-16+,30-27?. The van der Waals surface area contributed by atoms with Crippen LogP contribution in [0.15, 0.2) is 82.7 Å². The van der Waals surface area contributed by atoms with E-state index in [1.165, 1.54) is 11.8 Å². The fourth-order valence-electron chi connectivity index (χ4n) is 3.49. The second kappa shape index (κ2) is 11.9. The molecule has 1 fully saturated rings. The molecule has 1 saturated heterocycles. The molecule has 1 heterocycles. The lowest BCUT2D eigenvalue weighted by Crippen LogP contribution is -2.28. The Bertz CT molecular complexity index is 1300. The van der Waals surface area contributed by atoms with Crippen LogP contribution in [0, 0.1) is 14.9 Å². The monoisotopic (exact) mass is 595 g/mol. The van der Waals surface area contributed by atoms with Crippen molar-refractivity contribution in [3.63, 3.8) is 0 Å². The maximum atomic E-state index is 13.4.